The summed E-state index contributed by atoms with van der Waals surface area (Å²) in [4.78, 5) is 8.79. The molecule has 1 aliphatic rings. The van der Waals surface area contributed by atoms with Gasteiger partial charge in [-0.2, -0.15) is 16.9 Å². The zero-order valence-electron chi connectivity index (χ0n) is 14.0. The maximum atomic E-state index is 5.09. The number of thioether (sulfide) groups is 1. The fraction of sp³-hybridized carbons (Fsp3) is 0.786. The molecular weight excluding hydrogens is 427 g/mol. The van der Waals surface area contributed by atoms with Gasteiger partial charge in [-0.15, -0.1) is 24.0 Å². The van der Waals surface area contributed by atoms with Gasteiger partial charge in [0, 0.05) is 33.2 Å². The Morgan fingerprint density at radius 2 is 2.35 bits per heavy atom. The number of hydrogen-bond acceptors (Lipinski definition) is 5. The average Bonchev–Trinajstić information content (AvgIpc) is 2.92. The SMILES string of the molecule is CN=C(NCCCSC)NC1CCc2nc(COC)nn2C1.I. The molecule has 0 fully saturated rings. The van der Waals surface area contributed by atoms with Crippen LogP contribution in [-0.2, 0) is 24.3 Å². The van der Waals surface area contributed by atoms with E-state index in [1.165, 1.54) is 0 Å². The third kappa shape index (κ3) is 6.46. The van der Waals surface area contributed by atoms with Crippen LogP contribution >= 0.6 is 35.7 Å². The number of halogens is 1. The molecule has 132 valence electrons. The molecule has 1 aromatic rings. The number of nitrogens with zero attached hydrogens (tertiary/aromatic N) is 4. The minimum Gasteiger partial charge on any atom is -0.377 e. The van der Waals surface area contributed by atoms with Crippen LogP contribution in [0.2, 0.25) is 0 Å². The monoisotopic (exact) mass is 454 g/mol. The Balaban J connectivity index is 0.00000264. The Hall–Kier alpha value is -0.550. The van der Waals surface area contributed by atoms with Crippen molar-refractivity contribution < 1.29 is 4.74 Å². The molecule has 0 saturated heterocycles. The number of aromatic nitrogens is 3. The second-order valence-corrected chi connectivity index (χ2v) is 6.27. The fourth-order valence-corrected chi connectivity index (χ4v) is 2.91. The molecule has 1 unspecified atom stereocenters. The van der Waals surface area contributed by atoms with E-state index in [9.17, 15) is 0 Å². The van der Waals surface area contributed by atoms with Gasteiger partial charge in [-0.25, -0.2) is 9.67 Å². The van der Waals surface area contributed by atoms with Gasteiger partial charge < -0.3 is 15.4 Å². The summed E-state index contributed by atoms with van der Waals surface area (Å²) in [6, 6.07) is 0.330. The smallest absolute Gasteiger partial charge is 0.191 e. The first-order valence-corrected chi connectivity index (χ1v) is 9.04. The summed E-state index contributed by atoms with van der Waals surface area (Å²) in [5.74, 6) is 3.84. The number of guanidine groups is 1. The highest BCUT2D eigenvalue weighted by Crippen LogP contribution is 2.13. The van der Waals surface area contributed by atoms with Crippen LogP contribution in [0.15, 0.2) is 4.99 Å². The Kier molecular flexibility index (Phi) is 9.88. The van der Waals surface area contributed by atoms with Gasteiger partial charge in [-0.1, -0.05) is 0 Å². The maximum Gasteiger partial charge on any atom is 0.191 e. The molecule has 0 bridgehead atoms. The molecule has 2 rings (SSSR count). The van der Waals surface area contributed by atoms with Crippen molar-refractivity contribution in [2.24, 2.45) is 4.99 Å². The van der Waals surface area contributed by atoms with Crippen molar-refractivity contribution in [1.82, 2.24) is 25.4 Å². The summed E-state index contributed by atoms with van der Waals surface area (Å²) in [6.45, 7) is 2.23. The lowest BCUT2D eigenvalue weighted by atomic mass is 10.1. The van der Waals surface area contributed by atoms with Crippen molar-refractivity contribution in [3.05, 3.63) is 11.6 Å². The lowest BCUT2D eigenvalue weighted by molar-refractivity contribution is 0.177. The molecule has 1 aromatic heterocycles. The van der Waals surface area contributed by atoms with Crippen molar-refractivity contribution in [3.63, 3.8) is 0 Å². The zero-order chi connectivity index (χ0) is 15.8. The first-order valence-electron chi connectivity index (χ1n) is 7.64. The first-order chi connectivity index (χ1) is 10.8. The minimum atomic E-state index is 0. The highest BCUT2D eigenvalue weighted by molar-refractivity contribution is 14.0. The van der Waals surface area contributed by atoms with E-state index in [0.29, 0.717) is 12.6 Å². The summed E-state index contributed by atoms with van der Waals surface area (Å²) >= 11 is 1.87. The largest absolute Gasteiger partial charge is 0.377 e. The summed E-state index contributed by atoms with van der Waals surface area (Å²) in [5, 5.41) is 11.3. The van der Waals surface area contributed by atoms with Crippen LogP contribution in [0.3, 0.4) is 0 Å². The maximum absolute atomic E-state index is 5.09. The van der Waals surface area contributed by atoms with Crippen molar-refractivity contribution in [1.29, 1.82) is 0 Å². The Bertz CT molecular complexity index is 496. The van der Waals surface area contributed by atoms with Gasteiger partial charge in [-0.3, -0.25) is 4.99 Å². The predicted molar refractivity (Wildman–Crippen MR) is 106 cm³/mol. The van der Waals surface area contributed by atoms with E-state index >= 15 is 0 Å². The van der Waals surface area contributed by atoms with Crippen LogP contribution in [0.25, 0.3) is 0 Å². The molecule has 7 nitrogen and oxygen atoms in total. The van der Waals surface area contributed by atoms with E-state index in [1.807, 2.05) is 23.5 Å². The van der Waals surface area contributed by atoms with Crippen LogP contribution in [0, 0.1) is 0 Å². The van der Waals surface area contributed by atoms with Crippen molar-refractivity contribution in [3.8, 4) is 0 Å². The normalized spacial score (nSPS) is 17.3. The standard InChI is InChI=1S/C14H26N6OS.HI/c1-15-14(16-7-4-8-22-3)17-11-5-6-13-18-12(10-21-2)19-20(13)9-11;/h11H,4-10H2,1-3H3,(H2,15,16,17);1H. The molecular formula is C14H27IN6OS. The second-order valence-electron chi connectivity index (χ2n) is 5.28. The van der Waals surface area contributed by atoms with E-state index in [1.54, 1.807) is 7.11 Å². The van der Waals surface area contributed by atoms with Crippen molar-refractivity contribution >= 4 is 41.7 Å². The van der Waals surface area contributed by atoms with E-state index < -0.39 is 0 Å². The first kappa shape index (κ1) is 20.5. The molecule has 0 amide bonds. The average molecular weight is 454 g/mol. The number of fused-ring (bicyclic) bond motifs is 1. The lowest BCUT2D eigenvalue weighted by Gasteiger charge is -2.25. The lowest BCUT2D eigenvalue weighted by Crippen LogP contribution is -2.47. The number of hydrogen-bond donors (Lipinski definition) is 2. The molecule has 9 heteroatoms. The zero-order valence-corrected chi connectivity index (χ0v) is 17.2. The molecule has 0 aliphatic carbocycles. The minimum absolute atomic E-state index is 0. The van der Waals surface area contributed by atoms with Gasteiger partial charge in [0.15, 0.2) is 11.8 Å². The van der Waals surface area contributed by atoms with E-state index in [-0.39, 0.29) is 24.0 Å². The highest BCUT2D eigenvalue weighted by atomic mass is 127. The summed E-state index contributed by atoms with van der Waals surface area (Å²) in [6.07, 6.45) is 5.23. The van der Waals surface area contributed by atoms with Crippen LogP contribution in [-0.4, -0.2) is 59.5 Å². The molecule has 0 radical (unpaired) electrons. The third-order valence-corrected chi connectivity index (χ3v) is 4.25. The van der Waals surface area contributed by atoms with Crippen molar-refractivity contribution in [2.75, 3.05) is 32.7 Å². The molecule has 2 N–H and O–H groups in total. The number of ether oxygens (including phenoxy) is 1. The Morgan fingerprint density at radius 3 is 3.04 bits per heavy atom. The third-order valence-electron chi connectivity index (χ3n) is 3.56. The topological polar surface area (TPSA) is 76.4 Å². The Morgan fingerprint density at radius 1 is 1.52 bits per heavy atom. The van der Waals surface area contributed by atoms with E-state index in [4.69, 9.17) is 4.74 Å². The van der Waals surface area contributed by atoms with Gasteiger partial charge in [0.1, 0.15) is 12.4 Å². The van der Waals surface area contributed by atoms with Crippen LogP contribution < -0.4 is 10.6 Å². The summed E-state index contributed by atoms with van der Waals surface area (Å²) in [5.41, 5.74) is 0. The second kappa shape index (κ2) is 11.1. The number of methoxy groups -OCH3 is 1. The fourth-order valence-electron chi connectivity index (χ4n) is 2.48. The van der Waals surface area contributed by atoms with Gasteiger partial charge in [-0.05, 0) is 24.9 Å². The van der Waals surface area contributed by atoms with E-state index in [2.05, 4.69) is 32.0 Å². The molecule has 2 heterocycles. The van der Waals surface area contributed by atoms with Gasteiger partial charge in [0.05, 0.1) is 6.54 Å². The number of rotatable bonds is 7. The van der Waals surface area contributed by atoms with E-state index in [0.717, 1.165) is 55.7 Å². The molecule has 23 heavy (non-hydrogen) atoms. The molecule has 0 saturated carbocycles. The molecule has 0 spiro atoms. The number of nitrogens with one attached hydrogen (secondary N) is 2. The van der Waals surface area contributed by atoms with Crippen LogP contribution in [0.4, 0.5) is 0 Å². The Labute approximate surface area is 159 Å². The molecule has 1 aliphatic heterocycles. The number of aliphatic imine (C=N–C) groups is 1. The molecule has 1 atom stereocenters. The van der Waals surface area contributed by atoms with Gasteiger partial charge >= 0.3 is 0 Å². The summed E-state index contributed by atoms with van der Waals surface area (Å²) in [7, 11) is 3.47. The van der Waals surface area contributed by atoms with Crippen molar-refractivity contribution in [2.45, 2.75) is 38.5 Å². The number of aryl methyl sites for hydroxylation is 1. The van der Waals surface area contributed by atoms with Gasteiger partial charge in [0.25, 0.3) is 0 Å². The highest BCUT2D eigenvalue weighted by Gasteiger charge is 2.22. The summed E-state index contributed by atoms with van der Waals surface area (Å²) < 4.78 is 7.08. The quantitative estimate of drug-likeness (QED) is 0.280. The van der Waals surface area contributed by atoms with Crippen LogP contribution in [0.1, 0.15) is 24.5 Å². The molecule has 0 aromatic carbocycles. The van der Waals surface area contributed by atoms with Crippen LogP contribution in [0.5, 0.6) is 0 Å². The van der Waals surface area contributed by atoms with Gasteiger partial charge in [0.2, 0.25) is 0 Å². The predicted octanol–water partition coefficient (Wildman–Crippen LogP) is 1.28.